The molecule has 2 N–H and O–H groups in total. The van der Waals surface area contributed by atoms with Crippen LogP contribution in [0.15, 0.2) is 23.4 Å². The van der Waals surface area contributed by atoms with E-state index in [1.165, 1.54) is 11.8 Å². The second-order valence-electron chi connectivity index (χ2n) is 4.74. The molecule has 0 aliphatic heterocycles. The second kappa shape index (κ2) is 8.42. The van der Waals surface area contributed by atoms with E-state index >= 15 is 0 Å². The van der Waals surface area contributed by atoms with Crippen LogP contribution in [-0.4, -0.2) is 33.0 Å². The van der Waals surface area contributed by atoms with E-state index in [0.717, 1.165) is 12.2 Å². The number of halogens is 2. The molecule has 0 unspecified atom stereocenters. The normalized spacial score (nSPS) is 10.7. The fourth-order valence-electron chi connectivity index (χ4n) is 1.83. The van der Waals surface area contributed by atoms with Gasteiger partial charge in [-0.15, -0.1) is 10.2 Å². The Labute approximate surface area is 148 Å². The van der Waals surface area contributed by atoms with Crippen molar-refractivity contribution in [3.63, 3.8) is 0 Å². The predicted octanol–water partition coefficient (Wildman–Crippen LogP) is 2.71. The molecule has 0 fully saturated rings. The second-order valence-corrected chi connectivity index (χ2v) is 6.53. The van der Waals surface area contributed by atoms with E-state index in [-0.39, 0.29) is 11.7 Å². The van der Waals surface area contributed by atoms with Crippen molar-refractivity contribution >= 4 is 40.9 Å². The summed E-state index contributed by atoms with van der Waals surface area (Å²) in [6.45, 7) is 0.498. The summed E-state index contributed by atoms with van der Waals surface area (Å²) in [7, 11) is 1.86. The largest absolute Gasteiger partial charge is 0.492 e. The zero-order valence-electron chi connectivity index (χ0n) is 12.5. The molecule has 9 heteroatoms. The van der Waals surface area contributed by atoms with E-state index in [1.54, 1.807) is 18.2 Å². The first-order valence-electron chi connectivity index (χ1n) is 6.84. The number of nitrogens with two attached hydrogens (primary N) is 1. The zero-order chi connectivity index (χ0) is 16.8. The van der Waals surface area contributed by atoms with Crippen molar-refractivity contribution < 1.29 is 9.53 Å². The van der Waals surface area contributed by atoms with Crippen LogP contribution < -0.4 is 10.5 Å². The van der Waals surface area contributed by atoms with Gasteiger partial charge in [0.25, 0.3) is 0 Å². The van der Waals surface area contributed by atoms with Crippen molar-refractivity contribution in [2.75, 3.05) is 12.4 Å². The lowest BCUT2D eigenvalue weighted by Crippen LogP contribution is -2.13. The predicted molar refractivity (Wildman–Crippen MR) is 91.2 cm³/mol. The van der Waals surface area contributed by atoms with Gasteiger partial charge in [-0.1, -0.05) is 35.0 Å². The molecule has 124 valence electrons. The van der Waals surface area contributed by atoms with E-state index in [4.69, 9.17) is 33.7 Å². The summed E-state index contributed by atoms with van der Waals surface area (Å²) in [4.78, 5) is 10.8. The minimum absolute atomic E-state index is 0.185. The number of ether oxygens (including phenoxy) is 1. The molecular formula is C14H16Cl2N4O2S. The maximum absolute atomic E-state index is 10.8. The van der Waals surface area contributed by atoms with Crippen LogP contribution >= 0.6 is 35.0 Å². The lowest BCUT2D eigenvalue weighted by atomic mass is 10.3. The number of primary amides is 1. The summed E-state index contributed by atoms with van der Waals surface area (Å²) in [6, 6.07) is 5.11. The van der Waals surface area contributed by atoms with Gasteiger partial charge in [0.05, 0.1) is 17.4 Å². The van der Waals surface area contributed by atoms with Gasteiger partial charge in [-0.25, -0.2) is 0 Å². The summed E-state index contributed by atoms with van der Waals surface area (Å²) in [5.74, 6) is 1.23. The number of amides is 1. The Bertz CT molecular complexity index is 693. The SMILES string of the molecule is Cn1c(CCCOc2ccc(Cl)cc2Cl)nnc1SCC(N)=O. The van der Waals surface area contributed by atoms with Crippen molar-refractivity contribution in [1.29, 1.82) is 0 Å². The van der Waals surface area contributed by atoms with Crippen LogP contribution in [0.4, 0.5) is 0 Å². The number of benzene rings is 1. The van der Waals surface area contributed by atoms with Gasteiger partial charge >= 0.3 is 0 Å². The van der Waals surface area contributed by atoms with E-state index in [9.17, 15) is 4.79 Å². The third-order valence-corrected chi connectivity index (χ3v) is 4.54. The van der Waals surface area contributed by atoms with Gasteiger partial charge in [0.2, 0.25) is 5.91 Å². The van der Waals surface area contributed by atoms with Crippen LogP contribution in [0.3, 0.4) is 0 Å². The first-order chi connectivity index (χ1) is 11.0. The van der Waals surface area contributed by atoms with Crippen molar-refractivity contribution in [3.8, 4) is 5.75 Å². The highest BCUT2D eigenvalue weighted by atomic mass is 35.5. The first-order valence-corrected chi connectivity index (χ1v) is 8.58. The quantitative estimate of drug-likeness (QED) is 0.567. The smallest absolute Gasteiger partial charge is 0.227 e. The molecule has 23 heavy (non-hydrogen) atoms. The van der Waals surface area contributed by atoms with Gasteiger partial charge < -0.3 is 15.0 Å². The molecule has 0 saturated heterocycles. The molecule has 6 nitrogen and oxygen atoms in total. The average Bonchev–Trinajstić information content (AvgIpc) is 2.84. The number of rotatable bonds is 8. The highest BCUT2D eigenvalue weighted by molar-refractivity contribution is 7.99. The molecule has 1 aromatic heterocycles. The molecule has 2 rings (SSSR count). The molecule has 0 bridgehead atoms. The van der Waals surface area contributed by atoms with Crippen molar-refractivity contribution in [3.05, 3.63) is 34.1 Å². The minimum atomic E-state index is -0.382. The number of carbonyl (C=O) groups excluding carboxylic acids is 1. The Morgan fingerprint density at radius 2 is 2.17 bits per heavy atom. The van der Waals surface area contributed by atoms with Crippen LogP contribution in [0.2, 0.25) is 10.0 Å². The summed E-state index contributed by atoms with van der Waals surface area (Å²) in [5.41, 5.74) is 5.12. The summed E-state index contributed by atoms with van der Waals surface area (Å²) < 4.78 is 7.47. The fourth-order valence-corrected chi connectivity index (χ4v) is 2.96. The molecule has 0 aliphatic rings. The minimum Gasteiger partial charge on any atom is -0.492 e. The summed E-state index contributed by atoms with van der Waals surface area (Å²) in [6.07, 6.45) is 1.46. The molecule has 0 spiro atoms. The van der Waals surface area contributed by atoms with Crippen LogP contribution in [-0.2, 0) is 18.3 Å². The summed E-state index contributed by atoms with van der Waals surface area (Å²) >= 11 is 13.1. The third kappa shape index (κ3) is 5.30. The molecule has 1 aromatic carbocycles. The monoisotopic (exact) mass is 374 g/mol. The summed E-state index contributed by atoms with van der Waals surface area (Å²) in [5, 5.41) is 9.87. The van der Waals surface area contributed by atoms with Gasteiger partial charge in [0.15, 0.2) is 5.16 Å². The highest BCUT2D eigenvalue weighted by Crippen LogP contribution is 2.27. The Morgan fingerprint density at radius 1 is 1.39 bits per heavy atom. The molecule has 0 saturated carbocycles. The number of hydrogen-bond acceptors (Lipinski definition) is 5. The van der Waals surface area contributed by atoms with Crippen LogP contribution in [0, 0.1) is 0 Å². The van der Waals surface area contributed by atoms with E-state index < -0.39 is 0 Å². The third-order valence-electron chi connectivity index (χ3n) is 2.96. The van der Waals surface area contributed by atoms with Gasteiger partial charge in [-0.2, -0.15) is 0 Å². The fraction of sp³-hybridized carbons (Fsp3) is 0.357. The van der Waals surface area contributed by atoms with Crippen molar-refractivity contribution in [2.45, 2.75) is 18.0 Å². The van der Waals surface area contributed by atoms with Crippen molar-refractivity contribution in [2.24, 2.45) is 12.8 Å². The van der Waals surface area contributed by atoms with Gasteiger partial charge in [-0.3, -0.25) is 4.79 Å². The molecule has 0 radical (unpaired) electrons. The van der Waals surface area contributed by atoms with Crippen molar-refractivity contribution in [1.82, 2.24) is 14.8 Å². The number of thioether (sulfide) groups is 1. The Morgan fingerprint density at radius 3 is 2.87 bits per heavy atom. The molecule has 2 aromatic rings. The van der Waals surface area contributed by atoms with Gasteiger partial charge in [-0.05, 0) is 24.6 Å². The number of aromatic nitrogens is 3. The lowest BCUT2D eigenvalue weighted by Gasteiger charge is -2.08. The first kappa shape index (κ1) is 17.9. The number of carbonyl (C=O) groups is 1. The molecule has 1 amide bonds. The maximum Gasteiger partial charge on any atom is 0.227 e. The average molecular weight is 375 g/mol. The lowest BCUT2D eigenvalue weighted by molar-refractivity contribution is -0.115. The Balaban J connectivity index is 1.81. The van der Waals surface area contributed by atoms with Gasteiger partial charge in [0.1, 0.15) is 11.6 Å². The van der Waals surface area contributed by atoms with Gasteiger partial charge in [0, 0.05) is 18.5 Å². The number of aryl methyl sites for hydroxylation is 1. The van der Waals surface area contributed by atoms with E-state index in [1.807, 2.05) is 11.6 Å². The zero-order valence-corrected chi connectivity index (χ0v) is 14.8. The van der Waals surface area contributed by atoms with E-state index in [0.29, 0.717) is 34.0 Å². The Hall–Kier alpha value is -1.44. The Kier molecular flexibility index (Phi) is 6.56. The highest BCUT2D eigenvalue weighted by Gasteiger charge is 2.10. The van der Waals surface area contributed by atoms with Crippen LogP contribution in [0.5, 0.6) is 5.75 Å². The molecular weight excluding hydrogens is 359 g/mol. The number of nitrogens with zero attached hydrogens (tertiary/aromatic N) is 3. The maximum atomic E-state index is 10.8. The molecule has 0 atom stereocenters. The van der Waals surface area contributed by atoms with Crippen LogP contribution in [0.1, 0.15) is 12.2 Å². The standard InChI is InChI=1S/C14H16Cl2N4O2S/c1-20-13(18-19-14(20)23-8-12(17)21)3-2-6-22-11-5-4-9(15)7-10(11)16/h4-5,7H,2-3,6,8H2,1H3,(H2,17,21). The van der Waals surface area contributed by atoms with Crippen LogP contribution in [0.25, 0.3) is 0 Å². The molecule has 0 aliphatic carbocycles. The number of hydrogen-bond donors (Lipinski definition) is 1. The van der Waals surface area contributed by atoms with E-state index in [2.05, 4.69) is 10.2 Å². The topological polar surface area (TPSA) is 83.0 Å². The molecule has 1 heterocycles.